The highest BCUT2D eigenvalue weighted by atomic mass is 16.4. The van der Waals surface area contributed by atoms with E-state index in [9.17, 15) is 24.9 Å². The van der Waals surface area contributed by atoms with Gasteiger partial charge in [0.15, 0.2) is 0 Å². The summed E-state index contributed by atoms with van der Waals surface area (Å²) in [6.07, 6.45) is 48.3. The second kappa shape index (κ2) is 41.0. The molecule has 4 atom stereocenters. The Balaban J connectivity index is 4.76. The molecule has 0 fully saturated rings. The van der Waals surface area contributed by atoms with Crippen molar-refractivity contribution in [3.63, 3.8) is 0 Å². The summed E-state index contributed by atoms with van der Waals surface area (Å²) in [6, 6.07) is 0. The summed E-state index contributed by atoms with van der Waals surface area (Å²) in [6.45, 7) is 6.75. The molecule has 0 aromatic carbocycles. The molecule has 0 radical (unpaired) electrons. The van der Waals surface area contributed by atoms with Gasteiger partial charge in [-0.3, -0.25) is 9.59 Å². The van der Waals surface area contributed by atoms with Crippen molar-refractivity contribution in [2.75, 3.05) is 0 Å². The third kappa shape index (κ3) is 34.8. The summed E-state index contributed by atoms with van der Waals surface area (Å²) in [5, 5.41) is 30.9. The summed E-state index contributed by atoms with van der Waals surface area (Å²) in [7, 11) is 0. The van der Waals surface area contributed by atoms with E-state index in [-0.39, 0.29) is 17.9 Å². The summed E-state index contributed by atoms with van der Waals surface area (Å²) in [5.41, 5.74) is 0. The van der Waals surface area contributed by atoms with Crippen molar-refractivity contribution in [1.29, 1.82) is 0 Å². The van der Waals surface area contributed by atoms with Crippen molar-refractivity contribution in [2.24, 2.45) is 17.8 Å². The highest BCUT2D eigenvalue weighted by Gasteiger charge is 2.29. The fourth-order valence-corrected chi connectivity index (χ4v) is 8.01. The molecule has 0 aliphatic heterocycles. The first-order valence-corrected chi connectivity index (χ1v) is 23.8. The van der Waals surface area contributed by atoms with Crippen LogP contribution in [0.25, 0.3) is 0 Å². The van der Waals surface area contributed by atoms with Gasteiger partial charge in [-0.1, -0.05) is 193 Å². The molecule has 54 heavy (non-hydrogen) atoms. The second-order valence-corrected chi connectivity index (χ2v) is 16.8. The first-order chi connectivity index (χ1) is 26.4. The average molecular weight is 761 g/mol. The van der Waals surface area contributed by atoms with Gasteiger partial charge in [-0.05, 0) is 89.4 Å². The zero-order valence-corrected chi connectivity index (χ0v) is 36.2. The van der Waals surface area contributed by atoms with E-state index < -0.39 is 17.9 Å². The largest absolute Gasteiger partial charge is 0.481 e. The maximum Gasteiger partial charge on any atom is 0.306 e. The van der Waals surface area contributed by atoms with Crippen LogP contribution >= 0.6 is 0 Å². The summed E-state index contributed by atoms with van der Waals surface area (Å²) < 4.78 is 0. The fraction of sp³-hybridized carbons (Fsp3) is 0.878. The molecule has 318 valence electrons. The Kier molecular flexibility index (Phi) is 39.8. The SMILES string of the molecule is CCCCCCCC/C=C\CCCCCCC(C(=O)O)C(CCCCCCCCCC)CCC(CCCCC(O)C/C=C\CCCCCCCC)C(=O)O. The normalized spacial score (nSPS) is 14.2. The molecule has 5 heteroatoms. The molecule has 0 saturated carbocycles. The number of aliphatic carboxylic acids is 2. The molecular formula is C49H92O5. The van der Waals surface area contributed by atoms with Gasteiger partial charge in [0.1, 0.15) is 0 Å². The highest BCUT2D eigenvalue weighted by Crippen LogP contribution is 2.32. The van der Waals surface area contributed by atoms with Gasteiger partial charge in [0.25, 0.3) is 0 Å². The van der Waals surface area contributed by atoms with Crippen LogP contribution in [0.1, 0.15) is 252 Å². The van der Waals surface area contributed by atoms with E-state index in [4.69, 9.17) is 0 Å². The number of aliphatic hydroxyl groups is 1. The van der Waals surface area contributed by atoms with Gasteiger partial charge in [0.05, 0.1) is 17.9 Å². The van der Waals surface area contributed by atoms with Crippen molar-refractivity contribution in [2.45, 2.75) is 258 Å². The molecule has 3 N–H and O–H groups in total. The van der Waals surface area contributed by atoms with Gasteiger partial charge in [-0.2, -0.15) is 0 Å². The third-order valence-corrected chi connectivity index (χ3v) is 11.7. The lowest BCUT2D eigenvalue weighted by Gasteiger charge is -2.26. The van der Waals surface area contributed by atoms with Crippen LogP contribution in [0.3, 0.4) is 0 Å². The second-order valence-electron chi connectivity index (χ2n) is 16.8. The Bertz CT molecular complexity index is 866. The predicted octanol–water partition coefficient (Wildman–Crippen LogP) is 15.6. The molecule has 0 aromatic rings. The minimum Gasteiger partial charge on any atom is -0.481 e. The lowest BCUT2D eigenvalue weighted by atomic mass is 9.79. The summed E-state index contributed by atoms with van der Waals surface area (Å²) in [5.74, 6) is -2.24. The average Bonchev–Trinajstić information content (AvgIpc) is 3.15. The topological polar surface area (TPSA) is 94.8 Å². The van der Waals surface area contributed by atoms with Crippen LogP contribution in [0.15, 0.2) is 24.3 Å². The lowest BCUT2D eigenvalue weighted by molar-refractivity contribution is -0.144. The van der Waals surface area contributed by atoms with E-state index in [1.807, 2.05) is 0 Å². The molecule has 0 saturated heterocycles. The lowest BCUT2D eigenvalue weighted by Crippen LogP contribution is -2.25. The summed E-state index contributed by atoms with van der Waals surface area (Å²) in [4.78, 5) is 24.9. The molecule has 0 aromatic heterocycles. The molecule has 4 unspecified atom stereocenters. The van der Waals surface area contributed by atoms with Crippen molar-refractivity contribution in [3.05, 3.63) is 24.3 Å². The van der Waals surface area contributed by atoms with Crippen LogP contribution in [0, 0.1) is 17.8 Å². The van der Waals surface area contributed by atoms with Crippen LogP contribution < -0.4 is 0 Å². The van der Waals surface area contributed by atoms with Gasteiger partial charge in [0.2, 0.25) is 0 Å². The Morgan fingerprint density at radius 1 is 0.407 bits per heavy atom. The number of aliphatic hydroxyl groups excluding tert-OH is 1. The number of carboxylic acids is 2. The summed E-state index contributed by atoms with van der Waals surface area (Å²) >= 11 is 0. The smallest absolute Gasteiger partial charge is 0.306 e. The number of rotatable bonds is 43. The zero-order valence-electron chi connectivity index (χ0n) is 36.2. The van der Waals surface area contributed by atoms with Gasteiger partial charge in [-0.15, -0.1) is 0 Å². The van der Waals surface area contributed by atoms with Gasteiger partial charge >= 0.3 is 11.9 Å². The van der Waals surface area contributed by atoms with Crippen molar-refractivity contribution >= 4 is 11.9 Å². The van der Waals surface area contributed by atoms with E-state index in [2.05, 4.69) is 45.1 Å². The van der Waals surface area contributed by atoms with Gasteiger partial charge < -0.3 is 15.3 Å². The van der Waals surface area contributed by atoms with Crippen LogP contribution in [0.2, 0.25) is 0 Å². The molecular weight excluding hydrogens is 669 g/mol. The van der Waals surface area contributed by atoms with Gasteiger partial charge in [-0.25, -0.2) is 0 Å². The predicted molar refractivity (Wildman–Crippen MR) is 233 cm³/mol. The maximum absolute atomic E-state index is 12.6. The first kappa shape index (κ1) is 52.4. The minimum atomic E-state index is -0.757. The third-order valence-electron chi connectivity index (χ3n) is 11.7. The zero-order chi connectivity index (χ0) is 39.7. The van der Waals surface area contributed by atoms with Crippen molar-refractivity contribution in [1.82, 2.24) is 0 Å². The van der Waals surface area contributed by atoms with Crippen LogP contribution in [-0.4, -0.2) is 33.4 Å². The Morgan fingerprint density at radius 3 is 1.26 bits per heavy atom. The monoisotopic (exact) mass is 761 g/mol. The Morgan fingerprint density at radius 2 is 0.796 bits per heavy atom. The standard InChI is InChI=1S/C49H92O5/c1-4-7-10-13-16-19-20-21-22-23-25-28-31-34-41-47(49(53)54)44(37-32-29-26-18-15-12-9-6-3)42-43-45(48(51)52)38-35-36-40-46(50)39-33-30-27-24-17-14-11-8-5-2/h21-22,30,33,44-47,50H,4-20,23-29,31-32,34-43H2,1-3H3,(H,51,52)(H,53,54)/b22-21-,33-30-. The van der Waals surface area contributed by atoms with E-state index in [0.29, 0.717) is 38.5 Å². The Hall–Kier alpha value is -1.62. The number of unbranched alkanes of at least 4 members (excludes halogenated alkanes) is 24. The van der Waals surface area contributed by atoms with Crippen LogP contribution in [0.4, 0.5) is 0 Å². The van der Waals surface area contributed by atoms with E-state index in [1.54, 1.807) is 0 Å². The molecule has 0 rings (SSSR count). The molecule has 0 heterocycles. The fourth-order valence-electron chi connectivity index (χ4n) is 8.01. The van der Waals surface area contributed by atoms with Crippen LogP contribution in [0.5, 0.6) is 0 Å². The Labute approximate surface area is 336 Å². The minimum absolute atomic E-state index is 0.0410. The van der Waals surface area contributed by atoms with Crippen LogP contribution in [-0.2, 0) is 9.59 Å². The number of carboxylic acid groups (broad SMARTS) is 2. The molecule has 0 aliphatic carbocycles. The van der Waals surface area contributed by atoms with Gasteiger partial charge in [0, 0.05) is 0 Å². The van der Waals surface area contributed by atoms with E-state index >= 15 is 0 Å². The quantitative estimate of drug-likeness (QED) is 0.0425. The van der Waals surface area contributed by atoms with Crippen molar-refractivity contribution < 1.29 is 24.9 Å². The number of hydrogen-bond donors (Lipinski definition) is 3. The van der Waals surface area contributed by atoms with E-state index in [1.165, 1.54) is 128 Å². The highest BCUT2D eigenvalue weighted by molar-refractivity contribution is 5.71. The van der Waals surface area contributed by atoms with Crippen molar-refractivity contribution in [3.8, 4) is 0 Å². The first-order valence-electron chi connectivity index (χ1n) is 23.8. The molecule has 0 bridgehead atoms. The molecule has 0 aliphatic rings. The molecule has 5 nitrogen and oxygen atoms in total. The maximum atomic E-state index is 12.6. The number of hydrogen-bond acceptors (Lipinski definition) is 3. The molecule has 0 spiro atoms. The molecule has 0 amide bonds. The number of carbonyl (C=O) groups is 2. The van der Waals surface area contributed by atoms with E-state index in [0.717, 1.165) is 64.2 Å². The number of allylic oxidation sites excluding steroid dienone is 3.